The van der Waals surface area contributed by atoms with Crippen LogP contribution < -0.4 is 5.32 Å². The van der Waals surface area contributed by atoms with Gasteiger partial charge in [-0.1, -0.05) is 24.3 Å². The number of fused-ring (bicyclic) bond motifs is 1. The fourth-order valence-corrected chi connectivity index (χ4v) is 1.62. The number of hydrogen-bond acceptors (Lipinski definition) is 4. The summed E-state index contributed by atoms with van der Waals surface area (Å²) in [4.78, 5) is 0. The Balaban J connectivity index is 2.63. The topological polar surface area (TPSA) is 77.2 Å². The fraction of sp³-hybridized carbons (Fsp3) is 0.0833. The maximum absolute atomic E-state index is 9.80. The van der Waals surface area contributed by atoms with Crippen molar-refractivity contribution in [2.45, 2.75) is 0 Å². The van der Waals surface area contributed by atoms with E-state index in [1.807, 2.05) is 0 Å². The van der Waals surface area contributed by atoms with Crippen molar-refractivity contribution in [1.82, 2.24) is 5.32 Å². The first-order chi connectivity index (χ1) is 8.63. The molecule has 2 aromatic rings. The van der Waals surface area contributed by atoms with Crippen LogP contribution in [-0.4, -0.2) is 22.4 Å². The third-order valence-electron chi connectivity index (χ3n) is 2.43. The van der Waals surface area contributed by atoms with Crippen molar-refractivity contribution >= 4 is 33.8 Å². The first-order valence-corrected chi connectivity index (χ1v) is 5.61. The highest BCUT2D eigenvalue weighted by Gasteiger charge is 2.10. The number of phenols is 2. The molecular weight excluding hydrogens is 250 g/mol. The lowest BCUT2D eigenvalue weighted by molar-refractivity contribution is 0.456. The van der Waals surface area contributed by atoms with E-state index < -0.39 is 0 Å². The minimum atomic E-state index is -0.145. The number of phenolic OH excluding ortho intramolecular Hbond substituents is 2. The van der Waals surface area contributed by atoms with Crippen molar-refractivity contribution in [3.8, 4) is 11.5 Å². The van der Waals surface area contributed by atoms with Crippen LogP contribution in [0.1, 0.15) is 0 Å². The maximum Gasteiger partial charge on any atom is 0.213 e. The Bertz CT molecular complexity index is 641. The molecule has 92 valence electrons. The van der Waals surface area contributed by atoms with Gasteiger partial charge in [0.1, 0.15) is 17.2 Å². The van der Waals surface area contributed by atoms with Crippen LogP contribution in [0.2, 0.25) is 0 Å². The number of benzene rings is 2. The summed E-state index contributed by atoms with van der Waals surface area (Å²) < 4.78 is 0. The molecule has 0 aliphatic heterocycles. The van der Waals surface area contributed by atoms with E-state index in [9.17, 15) is 10.2 Å². The molecule has 0 atom stereocenters. The Labute approximate surface area is 109 Å². The molecule has 0 aromatic heterocycles. The van der Waals surface area contributed by atoms with E-state index >= 15 is 0 Å². The summed E-state index contributed by atoms with van der Waals surface area (Å²) >= 11 is 4.84. The molecule has 6 heteroatoms. The molecule has 5 nitrogen and oxygen atoms in total. The van der Waals surface area contributed by atoms with Gasteiger partial charge in [0.15, 0.2) is 0 Å². The van der Waals surface area contributed by atoms with E-state index in [4.69, 9.17) is 12.2 Å². The molecule has 18 heavy (non-hydrogen) atoms. The second-order valence-corrected chi connectivity index (χ2v) is 3.95. The molecule has 3 N–H and O–H groups in total. The number of hydrogen-bond donors (Lipinski definition) is 3. The van der Waals surface area contributed by atoms with Gasteiger partial charge in [0.2, 0.25) is 5.11 Å². The lowest BCUT2D eigenvalue weighted by atomic mass is 10.1. The van der Waals surface area contributed by atoms with Gasteiger partial charge in [0, 0.05) is 23.9 Å². The molecule has 0 unspecified atom stereocenters. The summed E-state index contributed by atoms with van der Waals surface area (Å²) in [5.74, 6) is -0.146. The zero-order valence-corrected chi connectivity index (χ0v) is 10.4. The van der Waals surface area contributed by atoms with E-state index in [1.54, 1.807) is 31.3 Å². The average molecular weight is 261 g/mol. The first kappa shape index (κ1) is 12.3. The Kier molecular flexibility index (Phi) is 3.38. The van der Waals surface area contributed by atoms with Gasteiger partial charge in [-0.3, -0.25) is 0 Å². The van der Waals surface area contributed by atoms with Gasteiger partial charge in [-0.25, -0.2) is 0 Å². The molecule has 0 aliphatic rings. The summed E-state index contributed by atoms with van der Waals surface area (Å²) in [7, 11) is 1.64. The minimum Gasteiger partial charge on any atom is -0.507 e. The zero-order chi connectivity index (χ0) is 13.1. The summed E-state index contributed by atoms with van der Waals surface area (Å²) in [5, 5.41) is 31.3. The molecule has 0 heterocycles. The predicted octanol–water partition coefficient (Wildman–Crippen LogP) is 2.84. The van der Waals surface area contributed by atoms with Gasteiger partial charge in [-0.15, -0.1) is 10.2 Å². The standard InChI is InChI=1S/C12H11N3O2S/c1-13-12(18)15-14-11-8-5-3-2-4-7(8)9(16)6-10(11)17/h2-6,16-17H,1H3,(H,13,18). The molecule has 0 amide bonds. The van der Waals surface area contributed by atoms with Gasteiger partial charge in [0.05, 0.1) is 0 Å². The SMILES string of the molecule is CNC(=S)N=Nc1c(O)cc(O)c2ccccc12. The normalized spacial score (nSPS) is 10.9. The summed E-state index contributed by atoms with van der Waals surface area (Å²) in [6.45, 7) is 0. The summed E-state index contributed by atoms with van der Waals surface area (Å²) in [6.07, 6.45) is 0. The zero-order valence-electron chi connectivity index (χ0n) is 9.58. The van der Waals surface area contributed by atoms with Crippen LogP contribution in [0.3, 0.4) is 0 Å². The van der Waals surface area contributed by atoms with Gasteiger partial charge in [-0.2, -0.15) is 0 Å². The number of nitrogens with one attached hydrogen (secondary N) is 1. The highest BCUT2D eigenvalue weighted by molar-refractivity contribution is 7.80. The first-order valence-electron chi connectivity index (χ1n) is 5.20. The van der Waals surface area contributed by atoms with Crippen LogP contribution in [-0.2, 0) is 0 Å². The van der Waals surface area contributed by atoms with E-state index in [2.05, 4.69) is 15.5 Å². The predicted molar refractivity (Wildman–Crippen MR) is 73.5 cm³/mol. The molecule has 0 aliphatic carbocycles. The van der Waals surface area contributed by atoms with E-state index in [1.165, 1.54) is 6.07 Å². The van der Waals surface area contributed by atoms with Crippen LogP contribution in [0.25, 0.3) is 10.8 Å². The molecule has 0 bridgehead atoms. The quantitative estimate of drug-likeness (QED) is 0.545. The van der Waals surface area contributed by atoms with E-state index in [0.717, 1.165) is 0 Å². The Morgan fingerprint density at radius 3 is 2.50 bits per heavy atom. The molecule has 0 spiro atoms. The average Bonchev–Trinajstić information content (AvgIpc) is 2.38. The summed E-state index contributed by atoms with van der Waals surface area (Å²) in [6, 6.07) is 8.29. The molecular formula is C12H11N3O2S. The van der Waals surface area contributed by atoms with Crippen molar-refractivity contribution in [2.75, 3.05) is 7.05 Å². The van der Waals surface area contributed by atoms with Crippen molar-refractivity contribution in [3.63, 3.8) is 0 Å². The molecule has 2 aromatic carbocycles. The number of aromatic hydroxyl groups is 2. The van der Waals surface area contributed by atoms with Crippen molar-refractivity contribution < 1.29 is 10.2 Å². The molecule has 0 radical (unpaired) electrons. The second kappa shape index (κ2) is 4.97. The van der Waals surface area contributed by atoms with Gasteiger partial charge in [-0.05, 0) is 12.2 Å². The van der Waals surface area contributed by atoms with Gasteiger partial charge < -0.3 is 15.5 Å². The lowest BCUT2D eigenvalue weighted by Gasteiger charge is -2.06. The van der Waals surface area contributed by atoms with Crippen LogP contribution >= 0.6 is 12.2 Å². The van der Waals surface area contributed by atoms with Crippen molar-refractivity contribution in [3.05, 3.63) is 30.3 Å². The third kappa shape index (κ3) is 2.23. The monoisotopic (exact) mass is 261 g/mol. The Morgan fingerprint density at radius 2 is 1.83 bits per heavy atom. The maximum atomic E-state index is 9.80. The van der Waals surface area contributed by atoms with Gasteiger partial charge >= 0.3 is 0 Å². The Hall–Kier alpha value is -2.21. The lowest BCUT2D eigenvalue weighted by Crippen LogP contribution is -2.11. The highest BCUT2D eigenvalue weighted by Crippen LogP contribution is 2.40. The molecule has 0 saturated heterocycles. The number of azo groups is 1. The second-order valence-electron chi connectivity index (χ2n) is 3.56. The third-order valence-corrected chi connectivity index (χ3v) is 2.71. The largest absolute Gasteiger partial charge is 0.507 e. The van der Waals surface area contributed by atoms with E-state index in [-0.39, 0.29) is 22.3 Å². The molecule has 2 rings (SSSR count). The number of nitrogens with zero attached hydrogens (tertiary/aromatic N) is 2. The number of thiocarbonyl (C=S) groups is 1. The van der Waals surface area contributed by atoms with E-state index in [0.29, 0.717) is 10.8 Å². The van der Waals surface area contributed by atoms with Crippen LogP contribution in [0.5, 0.6) is 11.5 Å². The highest BCUT2D eigenvalue weighted by atomic mass is 32.1. The van der Waals surface area contributed by atoms with Gasteiger partial charge in [0.25, 0.3) is 0 Å². The van der Waals surface area contributed by atoms with Crippen LogP contribution in [0.15, 0.2) is 40.6 Å². The summed E-state index contributed by atoms with van der Waals surface area (Å²) in [5.41, 5.74) is 0.279. The molecule has 0 fully saturated rings. The van der Waals surface area contributed by atoms with Crippen molar-refractivity contribution in [1.29, 1.82) is 0 Å². The smallest absolute Gasteiger partial charge is 0.213 e. The molecule has 0 saturated carbocycles. The van der Waals surface area contributed by atoms with Crippen LogP contribution in [0.4, 0.5) is 5.69 Å². The Morgan fingerprint density at radius 1 is 1.17 bits per heavy atom. The van der Waals surface area contributed by atoms with Crippen molar-refractivity contribution in [2.24, 2.45) is 10.2 Å². The minimum absolute atomic E-state index is 0.00163. The fourth-order valence-electron chi connectivity index (χ4n) is 1.58. The number of rotatable bonds is 1. The van der Waals surface area contributed by atoms with Crippen LogP contribution in [0, 0.1) is 0 Å².